The molecule has 0 spiro atoms. The van der Waals surface area contributed by atoms with E-state index >= 15 is 0 Å². The van der Waals surface area contributed by atoms with Gasteiger partial charge in [-0.1, -0.05) is 55.3 Å². The Labute approximate surface area is 201 Å². The highest BCUT2D eigenvalue weighted by Gasteiger charge is 2.26. The summed E-state index contributed by atoms with van der Waals surface area (Å²) in [4.78, 5) is 25.1. The van der Waals surface area contributed by atoms with Gasteiger partial charge in [0.25, 0.3) is 0 Å². The SMILES string of the molecule is Cc1c(-c2ccc(O)cc2)cccc1C(O)C=C[C@H]1CCCC(=O)N1CCCCCCC(=O)O. The third kappa shape index (κ3) is 6.94. The third-order valence-corrected chi connectivity index (χ3v) is 6.54. The summed E-state index contributed by atoms with van der Waals surface area (Å²) in [6, 6.07) is 12.8. The van der Waals surface area contributed by atoms with Gasteiger partial charge < -0.3 is 20.2 Å². The van der Waals surface area contributed by atoms with E-state index in [1.165, 1.54) is 0 Å². The van der Waals surface area contributed by atoms with Crippen LogP contribution in [-0.4, -0.2) is 44.7 Å². The van der Waals surface area contributed by atoms with Crippen LogP contribution < -0.4 is 0 Å². The number of amides is 1. The van der Waals surface area contributed by atoms with Crippen molar-refractivity contribution in [3.05, 3.63) is 65.7 Å². The van der Waals surface area contributed by atoms with Gasteiger partial charge in [0.2, 0.25) is 5.91 Å². The number of hydrogen-bond donors (Lipinski definition) is 3. The fourth-order valence-electron chi connectivity index (χ4n) is 4.61. The van der Waals surface area contributed by atoms with Crippen LogP contribution in [0.1, 0.15) is 68.6 Å². The fraction of sp³-hybridized carbons (Fsp3) is 0.429. The van der Waals surface area contributed by atoms with Crippen LogP contribution in [0.15, 0.2) is 54.6 Å². The van der Waals surface area contributed by atoms with Crippen molar-refractivity contribution in [2.24, 2.45) is 0 Å². The molecule has 1 fully saturated rings. The number of likely N-dealkylation sites (tertiary alicyclic amines) is 1. The van der Waals surface area contributed by atoms with Gasteiger partial charge in [0.1, 0.15) is 5.75 Å². The second-order valence-electron chi connectivity index (χ2n) is 9.00. The van der Waals surface area contributed by atoms with E-state index in [2.05, 4.69) is 0 Å². The molecule has 1 aliphatic rings. The van der Waals surface area contributed by atoms with E-state index in [1.54, 1.807) is 18.2 Å². The van der Waals surface area contributed by atoms with Crippen molar-refractivity contribution in [3.8, 4) is 16.9 Å². The maximum Gasteiger partial charge on any atom is 0.303 e. The second kappa shape index (κ2) is 12.4. The van der Waals surface area contributed by atoms with Crippen LogP contribution in [0.2, 0.25) is 0 Å². The fourth-order valence-corrected chi connectivity index (χ4v) is 4.61. The zero-order valence-corrected chi connectivity index (χ0v) is 19.8. The number of nitrogens with zero attached hydrogens (tertiary/aromatic N) is 1. The summed E-state index contributed by atoms with van der Waals surface area (Å²) >= 11 is 0. The monoisotopic (exact) mass is 465 g/mol. The predicted octanol–water partition coefficient (Wildman–Crippen LogP) is 5.37. The zero-order chi connectivity index (χ0) is 24.5. The number of piperidine rings is 1. The number of phenolic OH excluding ortho intramolecular Hbond substituents is 1. The summed E-state index contributed by atoms with van der Waals surface area (Å²) in [6.45, 7) is 2.64. The van der Waals surface area contributed by atoms with Crippen molar-refractivity contribution in [1.29, 1.82) is 0 Å². The van der Waals surface area contributed by atoms with E-state index in [4.69, 9.17) is 5.11 Å². The Kier molecular flexibility index (Phi) is 9.28. The number of aromatic hydroxyl groups is 1. The number of phenols is 1. The molecule has 0 saturated carbocycles. The molecule has 182 valence electrons. The van der Waals surface area contributed by atoms with Gasteiger partial charge in [-0.3, -0.25) is 9.59 Å². The van der Waals surface area contributed by atoms with Gasteiger partial charge >= 0.3 is 5.97 Å². The average molecular weight is 466 g/mol. The summed E-state index contributed by atoms with van der Waals surface area (Å²) < 4.78 is 0. The summed E-state index contributed by atoms with van der Waals surface area (Å²) in [5, 5.41) is 29.2. The van der Waals surface area contributed by atoms with Crippen molar-refractivity contribution in [2.45, 2.75) is 70.4 Å². The van der Waals surface area contributed by atoms with Gasteiger partial charge in [-0.05, 0) is 67.0 Å². The molecular weight excluding hydrogens is 430 g/mol. The minimum atomic E-state index is -0.785. The van der Waals surface area contributed by atoms with E-state index in [0.717, 1.165) is 54.4 Å². The Balaban J connectivity index is 1.64. The van der Waals surface area contributed by atoms with Crippen LogP contribution in [0.5, 0.6) is 5.75 Å². The first-order chi connectivity index (χ1) is 16.4. The Morgan fingerprint density at radius 1 is 1.12 bits per heavy atom. The number of hydrogen-bond acceptors (Lipinski definition) is 4. The van der Waals surface area contributed by atoms with Crippen molar-refractivity contribution in [3.63, 3.8) is 0 Å². The van der Waals surface area contributed by atoms with Gasteiger partial charge in [0, 0.05) is 19.4 Å². The molecule has 1 unspecified atom stereocenters. The van der Waals surface area contributed by atoms with Gasteiger partial charge in [0.05, 0.1) is 12.1 Å². The topological polar surface area (TPSA) is 98.1 Å². The van der Waals surface area contributed by atoms with Crippen molar-refractivity contribution in [1.82, 2.24) is 4.90 Å². The largest absolute Gasteiger partial charge is 0.508 e. The number of carbonyl (C=O) groups is 2. The Bertz CT molecular complexity index is 998. The maximum absolute atomic E-state index is 12.5. The standard InChI is InChI=1S/C28H35NO5/c1-20-24(21-13-16-23(30)17-14-21)9-7-10-25(20)26(31)18-15-22-8-6-11-27(32)29(22)19-5-3-2-4-12-28(33)34/h7,9-10,13-18,22,26,30-31H,2-6,8,11-12,19H2,1H3,(H,33,34)/t22-,26?/m1/s1. The number of aliphatic hydroxyl groups excluding tert-OH is 1. The van der Waals surface area contributed by atoms with Crippen molar-refractivity contribution >= 4 is 11.9 Å². The highest BCUT2D eigenvalue weighted by atomic mass is 16.4. The molecule has 34 heavy (non-hydrogen) atoms. The molecule has 1 aliphatic heterocycles. The lowest BCUT2D eigenvalue weighted by Crippen LogP contribution is -2.43. The predicted molar refractivity (Wildman–Crippen MR) is 132 cm³/mol. The van der Waals surface area contributed by atoms with E-state index in [-0.39, 0.29) is 24.1 Å². The average Bonchev–Trinajstić information content (AvgIpc) is 2.81. The quantitative estimate of drug-likeness (QED) is 0.306. The van der Waals surface area contributed by atoms with Crippen LogP contribution >= 0.6 is 0 Å². The number of carboxylic acid groups (broad SMARTS) is 1. The van der Waals surface area contributed by atoms with Crippen LogP contribution in [0.4, 0.5) is 0 Å². The van der Waals surface area contributed by atoms with E-state index in [0.29, 0.717) is 19.4 Å². The Morgan fingerprint density at radius 3 is 2.59 bits per heavy atom. The van der Waals surface area contributed by atoms with Crippen molar-refractivity contribution in [2.75, 3.05) is 6.54 Å². The van der Waals surface area contributed by atoms with Crippen molar-refractivity contribution < 1.29 is 24.9 Å². The van der Waals surface area contributed by atoms with Crippen LogP contribution in [0.25, 0.3) is 11.1 Å². The summed E-state index contributed by atoms with van der Waals surface area (Å²) in [7, 11) is 0. The van der Waals surface area contributed by atoms with E-state index in [1.807, 2.05) is 48.2 Å². The molecule has 6 heteroatoms. The number of carboxylic acids is 1. The number of benzene rings is 2. The molecule has 0 bridgehead atoms. The smallest absolute Gasteiger partial charge is 0.303 e. The molecule has 1 heterocycles. The van der Waals surface area contributed by atoms with Gasteiger partial charge in [-0.2, -0.15) is 0 Å². The third-order valence-electron chi connectivity index (χ3n) is 6.54. The summed E-state index contributed by atoms with van der Waals surface area (Å²) in [6.07, 6.45) is 8.70. The lowest BCUT2D eigenvalue weighted by Gasteiger charge is -2.34. The first kappa shape index (κ1) is 25.5. The molecular formula is C28H35NO5. The van der Waals surface area contributed by atoms with Crippen LogP contribution in [0, 0.1) is 6.92 Å². The lowest BCUT2D eigenvalue weighted by atomic mass is 9.93. The molecule has 1 saturated heterocycles. The molecule has 2 aromatic rings. The highest BCUT2D eigenvalue weighted by Crippen LogP contribution is 2.31. The highest BCUT2D eigenvalue weighted by molar-refractivity contribution is 5.77. The van der Waals surface area contributed by atoms with Crippen LogP contribution in [0.3, 0.4) is 0 Å². The lowest BCUT2D eigenvalue weighted by molar-refractivity contribution is -0.137. The van der Waals surface area contributed by atoms with Gasteiger partial charge in [0.15, 0.2) is 0 Å². The van der Waals surface area contributed by atoms with Gasteiger partial charge in [-0.15, -0.1) is 0 Å². The summed E-state index contributed by atoms with van der Waals surface area (Å²) in [5.74, 6) is -0.405. The molecule has 3 rings (SSSR count). The second-order valence-corrected chi connectivity index (χ2v) is 9.00. The molecule has 6 nitrogen and oxygen atoms in total. The number of rotatable bonds is 11. The number of aliphatic hydroxyl groups is 1. The molecule has 0 aliphatic carbocycles. The molecule has 2 aromatic carbocycles. The molecule has 0 radical (unpaired) electrons. The first-order valence-electron chi connectivity index (χ1n) is 12.1. The molecule has 1 amide bonds. The molecule has 0 aromatic heterocycles. The number of aliphatic carboxylic acids is 1. The van der Waals surface area contributed by atoms with Crippen LogP contribution in [-0.2, 0) is 9.59 Å². The molecule has 3 N–H and O–H groups in total. The van der Waals surface area contributed by atoms with E-state index in [9.17, 15) is 19.8 Å². The normalized spacial score (nSPS) is 17.3. The molecule has 2 atom stereocenters. The number of carbonyl (C=O) groups excluding carboxylic acids is 1. The van der Waals surface area contributed by atoms with E-state index < -0.39 is 12.1 Å². The minimum absolute atomic E-state index is 0.0319. The summed E-state index contributed by atoms with van der Waals surface area (Å²) in [5.41, 5.74) is 3.76. The first-order valence-corrected chi connectivity index (χ1v) is 12.1. The minimum Gasteiger partial charge on any atom is -0.508 e. The Hall–Kier alpha value is -3.12. The van der Waals surface area contributed by atoms with Gasteiger partial charge in [-0.25, -0.2) is 0 Å². The number of unbranched alkanes of at least 4 members (excludes halogenated alkanes) is 3. The zero-order valence-electron chi connectivity index (χ0n) is 19.8. The maximum atomic E-state index is 12.5. The Morgan fingerprint density at radius 2 is 1.85 bits per heavy atom.